The molecule has 0 saturated heterocycles. The fourth-order valence-electron chi connectivity index (χ4n) is 3.67. The summed E-state index contributed by atoms with van der Waals surface area (Å²) in [6, 6.07) is 10.5. The first-order chi connectivity index (χ1) is 14.9. The van der Waals surface area contributed by atoms with Gasteiger partial charge in [0.2, 0.25) is 5.91 Å². The fraction of sp³-hybridized carbons (Fsp3) is 0.182. The van der Waals surface area contributed by atoms with Crippen LogP contribution < -0.4 is 10.6 Å². The van der Waals surface area contributed by atoms with Gasteiger partial charge in [-0.25, -0.2) is 0 Å². The number of aliphatic hydroxyl groups excluding tert-OH is 1. The Hall–Kier alpha value is -2.62. The fourth-order valence-corrected chi connectivity index (χ4v) is 4.40. The molecule has 0 bridgehead atoms. The van der Waals surface area contributed by atoms with Gasteiger partial charge in [-0.3, -0.25) is 9.59 Å². The van der Waals surface area contributed by atoms with Crippen molar-refractivity contribution in [2.45, 2.75) is 6.04 Å². The molecular weight excluding hydrogens is 528 g/mol. The van der Waals surface area contributed by atoms with Crippen molar-refractivity contribution in [1.82, 2.24) is 20.2 Å². The van der Waals surface area contributed by atoms with Crippen LogP contribution in [0.2, 0.25) is 0 Å². The molecule has 9 heteroatoms. The molecule has 0 radical (unpaired) electrons. The number of benzene rings is 2. The lowest BCUT2D eigenvalue weighted by Crippen LogP contribution is -2.41. The third-order valence-electron chi connectivity index (χ3n) is 5.13. The number of fused-ring (bicyclic) bond motifs is 2. The van der Waals surface area contributed by atoms with Crippen LogP contribution in [0.5, 0.6) is 0 Å². The first kappa shape index (κ1) is 21.6. The van der Waals surface area contributed by atoms with Gasteiger partial charge in [0, 0.05) is 62.3 Å². The van der Waals surface area contributed by atoms with E-state index in [1.54, 1.807) is 12.4 Å². The molecule has 0 fully saturated rings. The van der Waals surface area contributed by atoms with E-state index >= 15 is 0 Å². The second-order valence-electron chi connectivity index (χ2n) is 7.17. The summed E-state index contributed by atoms with van der Waals surface area (Å²) in [6.07, 6.45) is 3.47. The number of amides is 2. The zero-order valence-electron chi connectivity index (χ0n) is 16.6. The van der Waals surface area contributed by atoms with E-state index in [0.29, 0.717) is 11.1 Å². The van der Waals surface area contributed by atoms with Gasteiger partial charge in [-0.15, -0.1) is 0 Å². The molecule has 4 aromatic rings. The number of aromatic amines is 1. The maximum atomic E-state index is 13.3. The lowest BCUT2D eigenvalue weighted by atomic mass is 10.0. The van der Waals surface area contributed by atoms with Crippen LogP contribution in [0.1, 0.15) is 22.0 Å². The summed E-state index contributed by atoms with van der Waals surface area (Å²) < 4.78 is 3.60. The van der Waals surface area contributed by atoms with Gasteiger partial charge in [-0.05, 0) is 36.4 Å². The lowest BCUT2D eigenvalue weighted by molar-refractivity contribution is -0.123. The Bertz CT molecular complexity index is 1290. The number of carbonyl (C=O) groups is 2. The Morgan fingerprint density at radius 2 is 1.84 bits per heavy atom. The van der Waals surface area contributed by atoms with Crippen LogP contribution in [-0.4, -0.2) is 39.6 Å². The number of aromatic nitrogens is 2. The maximum Gasteiger partial charge on any atom is 0.254 e. The van der Waals surface area contributed by atoms with Gasteiger partial charge in [-0.1, -0.05) is 31.9 Å². The highest BCUT2D eigenvalue weighted by Gasteiger charge is 2.27. The van der Waals surface area contributed by atoms with E-state index in [-0.39, 0.29) is 19.1 Å². The third kappa shape index (κ3) is 4.26. The monoisotopic (exact) mass is 546 g/mol. The van der Waals surface area contributed by atoms with Gasteiger partial charge >= 0.3 is 0 Å². The second kappa shape index (κ2) is 8.86. The van der Waals surface area contributed by atoms with Gasteiger partial charge in [-0.2, -0.15) is 0 Å². The highest BCUT2D eigenvalue weighted by molar-refractivity contribution is 9.10. The van der Waals surface area contributed by atoms with Crippen molar-refractivity contribution >= 4 is 65.5 Å². The molecule has 7 nitrogen and oxygen atoms in total. The zero-order chi connectivity index (χ0) is 22.1. The first-order valence-electron chi connectivity index (χ1n) is 9.59. The molecule has 31 heavy (non-hydrogen) atoms. The van der Waals surface area contributed by atoms with Crippen molar-refractivity contribution in [1.29, 1.82) is 0 Å². The summed E-state index contributed by atoms with van der Waals surface area (Å²) in [5.74, 6) is -0.762. The third-order valence-corrected chi connectivity index (χ3v) is 6.12. The SMILES string of the molecule is Cn1cc(C(=O)NC(C(=O)NCCO)c2c[nH]c3ccc(Br)cc23)c2cc(Br)ccc21. The Morgan fingerprint density at radius 1 is 1.13 bits per heavy atom. The highest BCUT2D eigenvalue weighted by Crippen LogP contribution is 2.29. The standard InChI is InChI=1S/C22H20Br2N4O3/c1-28-11-17(15-9-13(24)3-5-19(15)28)21(30)27-20(22(31)25-6-7-29)16-10-26-18-4-2-12(23)8-14(16)18/h2-5,8-11,20,26,29H,6-7H2,1H3,(H,25,31)(H,27,30). The number of halogens is 2. The molecular formula is C22H20Br2N4O3. The Balaban J connectivity index is 1.74. The van der Waals surface area contributed by atoms with Crippen LogP contribution in [0.3, 0.4) is 0 Å². The predicted molar refractivity (Wildman–Crippen MR) is 127 cm³/mol. The zero-order valence-corrected chi connectivity index (χ0v) is 19.7. The van der Waals surface area contributed by atoms with Crippen molar-refractivity contribution in [3.63, 3.8) is 0 Å². The largest absolute Gasteiger partial charge is 0.395 e. The molecule has 4 rings (SSSR count). The predicted octanol–water partition coefficient (Wildman–Crippen LogP) is 3.76. The van der Waals surface area contributed by atoms with E-state index in [0.717, 1.165) is 30.8 Å². The van der Waals surface area contributed by atoms with Gasteiger partial charge in [0.1, 0.15) is 6.04 Å². The summed E-state index contributed by atoms with van der Waals surface area (Å²) in [5.41, 5.74) is 2.87. The molecule has 2 aromatic heterocycles. The summed E-state index contributed by atoms with van der Waals surface area (Å²) >= 11 is 6.92. The minimum atomic E-state index is -0.940. The maximum absolute atomic E-state index is 13.3. The van der Waals surface area contributed by atoms with E-state index < -0.39 is 11.9 Å². The lowest BCUT2D eigenvalue weighted by Gasteiger charge is -2.18. The Labute approximate surface area is 195 Å². The first-order valence-corrected chi connectivity index (χ1v) is 11.2. The number of nitrogens with zero attached hydrogens (tertiary/aromatic N) is 1. The molecule has 0 saturated carbocycles. The molecule has 160 valence electrons. The number of hydrogen-bond donors (Lipinski definition) is 4. The average molecular weight is 548 g/mol. The molecule has 0 spiro atoms. The minimum Gasteiger partial charge on any atom is -0.395 e. The van der Waals surface area contributed by atoms with Crippen molar-refractivity contribution in [3.8, 4) is 0 Å². The van der Waals surface area contributed by atoms with E-state index in [9.17, 15) is 9.59 Å². The normalized spacial score (nSPS) is 12.3. The van der Waals surface area contributed by atoms with Gasteiger partial charge in [0.25, 0.3) is 5.91 Å². The van der Waals surface area contributed by atoms with E-state index in [1.807, 2.05) is 48.0 Å². The second-order valence-corrected chi connectivity index (χ2v) is 9.00. The van der Waals surface area contributed by atoms with Crippen molar-refractivity contribution in [3.05, 3.63) is 68.9 Å². The summed E-state index contributed by atoms with van der Waals surface area (Å²) in [7, 11) is 1.87. The van der Waals surface area contributed by atoms with E-state index in [1.165, 1.54) is 0 Å². The van der Waals surface area contributed by atoms with Crippen molar-refractivity contribution in [2.24, 2.45) is 7.05 Å². The van der Waals surface area contributed by atoms with Crippen LogP contribution in [-0.2, 0) is 11.8 Å². The molecule has 0 aliphatic rings. The van der Waals surface area contributed by atoms with Crippen LogP contribution in [0.4, 0.5) is 0 Å². The van der Waals surface area contributed by atoms with Crippen molar-refractivity contribution < 1.29 is 14.7 Å². The number of nitrogens with one attached hydrogen (secondary N) is 3. The van der Waals surface area contributed by atoms with Crippen molar-refractivity contribution in [2.75, 3.05) is 13.2 Å². The molecule has 4 N–H and O–H groups in total. The molecule has 2 amide bonds. The Kier molecular flexibility index (Phi) is 6.17. The summed E-state index contributed by atoms with van der Waals surface area (Å²) in [4.78, 5) is 29.4. The molecule has 0 aliphatic heterocycles. The van der Waals surface area contributed by atoms with E-state index in [2.05, 4.69) is 47.5 Å². The van der Waals surface area contributed by atoms with Gasteiger partial charge in [0.15, 0.2) is 0 Å². The smallest absolute Gasteiger partial charge is 0.254 e. The number of aliphatic hydroxyl groups is 1. The van der Waals surface area contributed by atoms with Gasteiger partial charge < -0.3 is 25.3 Å². The number of H-pyrrole nitrogens is 1. The topological polar surface area (TPSA) is 99.2 Å². The number of aryl methyl sites for hydroxylation is 1. The summed E-state index contributed by atoms with van der Waals surface area (Å²) in [5, 5.41) is 16.3. The van der Waals surface area contributed by atoms with E-state index in [4.69, 9.17) is 5.11 Å². The average Bonchev–Trinajstić information content (AvgIpc) is 3.30. The van der Waals surface area contributed by atoms with Gasteiger partial charge in [0.05, 0.1) is 12.2 Å². The summed E-state index contributed by atoms with van der Waals surface area (Å²) in [6.45, 7) is -0.0956. The number of rotatable bonds is 6. The Morgan fingerprint density at radius 3 is 2.58 bits per heavy atom. The molecule has 2 heterocycles. The molecule has 2 aromatic carbocycles. The van der Waals surface area contributed by atoms with Crippen LogP contribution in [0, 0.1) is 0 Å². The van der Waals surface area contributed by atoms with Crippen LogP contribution in [0.25, 0.3) is 21.8 Å². The number of hydrogen-bond acceptors (Lipinski definition) is 3. The highest BCUT2D eigenvalue weighted by atomic mass is 79.9. The number of carbonyl (C=O) groups excluding carboxylic acids is 2. The van der Waals surface area contributed by atoms with Crippen LogP contribution >= 0.6 is 31.9 Å². The quantitative estimate of drug-likeness (QED) is 0.296. The molecule has 0 aliphatic carbocycles. The molecule has 1 unspecified atom stereocenters. The molecule has 1 atom stereocenters. The minimum absolute atomic E-state index is 0.0957. The van der Waals surface area contributed by atoms with Crippen LogP contribution in [0.15, 0.2) is 57.7 Å².